The Morgan fingerprint density at radius 1 is 0.945 bits per heavy atom. The number of hydrogen-bond acceptors (Lipinski definition) is 10. The molecule has 312 valence electrons. The molecule has 0 heterocycles. The summed E-state index contributed by atoms with van der Waals surface area (Å²) in [6.45, 7) is 26.5. The lowest BCUT2D eigenvalue weighted by molar-refractivity contribution is -0.152. The van der Waals surface area contributed by atoms with E-state index in [1.54, 1.807) is 25.1 Å². The lowest BCUT2D eigenvalue weighted by Gasteiger charge is -2.42. The molecule has 0 aliphatic rings. The van der Waals surface area contributed by atoms with Gasteiger partial charge in [0.05, 0.1) is 6.61 Å². The zero-order chi connectivity index (χ0) is 42.6. The van der Waals surface area contributed by atoms with E-state index in [-0.39, 0.29) is 42.8 Å². The van der Waals surface area contributed by atoms with Crippen LogP contribution in [0.2, 0.25) is 43.8 Å². The van der Waals surface area contributed by atoms with Crippen LogP contribution >= 0.6 is 34.8 Å². The van der Waals surface area contributed by atoms with Gasteiger partial charge in [-0.15, -0.1) is 0 Å². The second-order valence-electron chi connectivity index (χ2n) is 15.9. The molecule has 4 atom stereocenters. The number of carboxylic acids is 1. The summed E-state index contributed by atoms with van der Waals surface area (Å²) in [6.07, 6.45) is -0.0956. The van der Waals surface area contributed by atoms with Crippen LogP contribution in [0.4, 0.5) is 9.59 Å². The summed E-state index contributed by atoms with van der Waals surface area (Å²) in [5, 5.41) is 12.2. The molecule has 18 heteroatoms. The highest BCUT2D eigenvalue weighted by Crippen LogP contribution is 2.44. The van der Waals surface area contributed by atoms with Gasteiger partial charge in [-0.1, -0.05) is 114 Å². The van der Waals surface area contributed by atoms with E-state index in [0.717, 1.165) is 0 Å². The molecule has 0 radical (unpaired) electrons. The van der Waals surface area contributed by atoms with Crippen LogP contribution in [0.25, 0.3) is 0 Å². The van der Waals surface area contributed by atoms with Crippen molar-refractivity contribution in [2.45, 2.75) is 112 Å². The minimum absolute atomic E-state index is 0.0359. The van der Waals surface area contributed by atoms with Crippen LogP contribution in [0.5, 0.6) is 11.5 Å². The third kappa shape index (κ3) is 16.2. The first kappa shape index (κ1) is 50.1. The molecule has 0 spiro atoms. The molecular formula is C37H59Cl3N2O11Si2. The van der Waals surface area contributed by atoms with Crippen LogP contribution in [-0.4, -0.2) is 105 Å². The number of amides is 2. The van der Waals surface area contributed by atoms with E-state index in [1.165, 1.54) is 31.0 Å². The molecule has 0 saturated heterocycles. The molecule has 2 N–H and O–H groups in total. The number of rotatable bonds is 21. The molecule has 1 aromatic carbocycles. The van der Waals surface area contributed by atoms with E-state index in [4.69, 9.17) is 62.9 Å². The molecule has 0 aromatic heterocycles. The lowest BCUT2D eigenvalue weighted by atomic mass is 9.92. The number of benzene rings is 1. The van der Waals surface area contributed by atoms with Crippen molar-refractivity contribution in [2.24, 2.45) is 0 Å². The van der Waals surface area contributed by atoms with Crippen molar-refractivity contribution in [1.29, 1.82) is 0 Å². The Kier molecular flexibility index (Phi) is 19.1. The summed E-state index contributed by atoms with van der Waals surface area (Å²) in [5.74, 6) is -2.00. The quantitative estimate of drug-likeness (QED) is 0.0400. The van der Waals surface area contributed by atoms with Crippen LogP contribution in [0.15, 0.2) is 43.5 Å². The van der Waals surface area contributed by atoms with Gasteiger partial charge in [0.1, 0.15) is 31.5 Å². The molecular weight excluding hydrogens is 811 g/mol. The van der Waals surface area contributed by atoms with Crippen molar-refractivity contribution in [2.75, 3.05) is 33.5 Å². The monoisotopic (exact) mass is 868 g/mol. The van der Waals surface area contributed by atoms with Crippen molar-refractivity contribution < 1.29 is 52.4 Å². The van der Waals surface area contributed by atoms with Crippen molar-refractivity contribution >= 4 is 75.3 Å². The Morgan fingerprint density at radius 3 is 2.04 bits per heavy atom. The fourth-order valence-corrected chi connectivity index (χ4v) is 6.73. The molecule has 1 rings (SSSR count). The number of nitrogens with zero attached hydrogens (tertiary/aromatic N) is 1. The van der Waals surface area contributed by atoms with Gasteiger partial charge in [-0.2, -0.15) is 0 Å². The van der Waals surface area contributed by atoms with Crippen LogP contribution in [-0.2, 0) is 28.2 Å². The summed E-state index contributed by atoms with van der Waals surface area (Å²) >= 11 is 17.1. The molecule has 2 amide bonds. The number of ether oxygens (including phenoxy) is 5. The molecule has 0 unspecified atom stereocenters. The van der Waals surface area contributed by atoms with Crippen LogP contribution in [0, 0.1) is 0 Å². The van der Waals surface area contributed by atoms with Gasteiger partial charge in [0, 0.05) is 15.1 Å². The van der Waals surface area contributed by atoms with E-state index in [2.05, 4.69) is 38.1 Å². The SMILES string of the molecule is C=CCOC(=O)[C@H]([C@@H](O[Si](C)(C)C(C)(C)C)c1ccc(OCC=C)c(O[C@](C)(CC)[C@H](NC(=O)OCC(Cl)(Cl)Cl)C(=O)O)c1)N(C)C(=O)OCC[Si](C)(C)C. The van der Waals surface area contributed by atoms with Gasteiger partial charge in [-0.3, -0.25) is 4.90 Å². The average Bonchev–Trinajstić information content (AvgIpc) is 3.06. The van der Waals surface area contributed by atoms with Gasteiger partial charge in [-0.25, -0.2) is 19.2 Å². The first-order valence-corrected chi connectivity index (χ1v) is 25.5. The fraction of sp³-hybridized carbons (Fsp3) is 0.622. The number of carboxylic acid groups (broad SMARTS) is 1. The zero-order valence-electron chi connectivity index (χ0n) is 33.9. The van der Waals surface area contributed by atoms with Crippen molar-refractivity contribution in [1.82, 2.24) is 10.2 Å². The number of nitrogens with one attached hydrogen (secondary N) is 1. The molecule has 13 nitrogen and oxygen atoms in total. The smallest absolute Gasteiger partial charge is 0.410 e. The van der Waals surface area contributed by atoms with Crippen molar-refractivity contribution in [3.63, 3.8) is 0 Å². The predicted molar refractivity (Wildman–Crippen MR) is 221 cm³/mol. The van der Waals surface area contributed by atoms with Crippen LogP contribution in [0.3, 0.4) is 0 Å². The second-order valence-corrected chi connectivity index (χ2v) is 28.8. The summed E-state index contributed by atoms with van der Waals surface area (Å²) in [7, 11) is -2.88. The highest BCUT2D eigenvalue weighted by Gasteiger charge is 2.47. The molecule has 0 fully saturated rings. The number of alkyl carbamates (subject to hydrolysis) is 1. The van der Waals surface area contributed by atoms with Gasteiger partial charge in [-0.05, 0) is 55.2 Å². The van der Waals surface area contributed by atoms with E-state index in [9.17, 15) is 24.3 Å². The van der Waals surface area contributed by atoms with Crippen LogP contribution in [0.1, 0.15) is 52.7 Å². The van der Waals surface area contributed by atoms with Gasteiger partial charge < -0.3 is 38.5 Å². The van der Waals surface area contributed by atoms with Gasteiger partial charge in [0.2, 0.25) is 3.79 Å². The number of carbonyl (C=O) groups is 4. The van der Waals surface area contributed by atoms with Crippen molar-refractivity contribution in [3.8, 4) is 11.5 Å². The van der Waals surface area contributed by atoms with E-state index in [0.29, 0.717) is 11.6 Å². The number of carbonyl (C=O) groups excluding carboxylic acids is 3. The number of alkyl halides is 3. The van der Waals surface area contributed by atoms with E-state index >= 15 is 0 Å². The predicted octanol–water partition coefficient (Wildman–Crippen LogP) is 8.92. The van der Waals surface area contributed by atoms with Gasteiger partial charge in [0.25, 0.3) is 0 Å². The second kappa shape index (κ2) is 21.0. The zero-order valence-corrected chi connectivity index (χ0v) is 38.2. The number of esters is 1. The Morgan fingerprint density at radius 2 is 1.55 bits per heavy atom. The highest BCUT2D eigenvalue weighted by atomic mass is 35.6. The first-order valence-electron chi connectivity index (χ1n) is 17.8. The standard InChI is InChI=1S/C37H59Cl3N2O11Si2/c1-14-19-48-26-18-17-25(23-27(26)52-36(7,16-3)30(31(43)44)41-33(46)51-24-37(38,39)40)29(53-55(12,13)35(4,5)6)28(32(45)49-20-15-2)42(8)34(47)50-21-22-54(9,10)11/h14-15,17-18,23,28-30H,1-2,16,19-22,24H2,3-13H3,(H,41,46)(H,43,44)/t28-,29-,30+,36+/m0/s1. The largest absolute Gasteiger partial charge is 0.486 e. The van der Waals surface area contributed by atoms with Gasteiger partial charge in [0.15, 0.2) is 31.9 Å². The number of halogens is 3. The molecule has 0 saturated carbocycles. The molecule has 0 aliphatic heterocycles. The molecule has 0 bridgehead atoms. The first-order chi connectivity index (χ1) is 25.1. The summed E-state index contributed by atoms with van der Waals surface area (Å²) < 4.78 is 33.6. The number of likely N-dealkylation sites (N-methyl/N-ethyl adjacent to an activating group) is 1. The maximum atomic E-state index is 14.0. The lowest BCUT2D eigenvalue weighted by Crippen LogP contribution is -2.58. The Bertz CT molecular complexity index is 1500. The minimum atomic E-state index is -2.75. The van der Waals surface area contributed by atoms with Crippen LogP contribution < -0.4 is 14.8 Å². The Hall–Kier alpha value is -2.96. The molecule has 55 heavy (non-hydrogen) atoms. The summed E-state index contributed by atoms with van der Waals surface area (Å²) in [6, 6.07) is 2.44. The van der Waals surface area contributed by atoms with Gasteiger partial charge >= 0.3 is 24.1 Å². The topological polar surface area (TPSA) is 159 Å². The van der Waals surface area contributed by atoms with E-state index in [1.807, 2.05) is 33.9 Å². The summed E-state index contributed by atoms with van der Waals surface area (Å²) in [4.78, 5) is 54.1. The normalized spacial score (nSPS) is 14.9. The van der Waals surface area contributed by atoms with Crippen molar-refractivity contribution in [3.05, 3.63) is 49.1 Å². The molecule has 0 aliphatic carbocycles. The Balaban J connectivity index is 4.02. The minimum Gasteiger partial charge on any atom is -0.486 e. The van der Waals surface area contributed by atoms with E-state index < -0.39 is 74.7 Å². The fourth-order valence-electron chi connectivity index (χ4n) is 4.60. The summed E-state index contributed by atoms with van der Waals surface area (Å²) in [5.41, 5.74) is -1.28. The third-order valence-corrected chi connectivity index (χ3v) is 15.6. The average molecular weight is 870 g/mol. The highest BCUT2D eigenvalue weighted by molar-refractivity contribution is 6.76. The third-order valence-electron chi connectivity index (χ3n) is 9.07. The maximum Gasteiger partial charge on any atom is 0.410 e. The maximum absolute atomic E-state index is 14.0. The molecule has 1 aromatic rings. The number of aliphatic carboxylic acids is 1. The number of hydrogen-bond donors (Lipinski definition) is 2. The Labute approximate surface area is 343 Å².